The number of hydrogen-bond donors (Lipinski definition) is 1. The van der Waals surface area contributed by atoms with Crippen LogP contribution in [0.3, 0.4) is 0 Å². The van der Waals surface area contributed by atoms with Gasteiger partial charge in [0.25, 0.3) is 0 Å². The van der Waals surface area contributed by atoms with Crippen LogP contribution in [0.15, 0.2) is 18.2 Å². The molecule has 0 amide bonds. The zero-order valence-electron chi connectivity index (χ0n) is 11.0. The number of rotatable bonds is 3. The van der Waals surface area contributed by atoms with Gasteiger partial charge in [0.1, 0.15) is 5.82 Å². The average molecular weight is 270 g/mol. The molecule has 2 atom stereocenters. The zero-order chi connectivity index (χ0) is 13.1. The minimum Gasteiger partial charge on any atom is -0.381 e. The molecule has 1 saturated carbocycles. The minimum atomic E-state index is -0.283. The lowest BCUT2D eigenvalue weighted by Crippen LogP contribution is -2.29. The van der Waals surface area contributed by atoms with Gasteiger partial charge in [0.05, 0.1) is 10.7 Å². The maximum absolute atomic E-state index is 13.0. The second kappa shape index (κ2) is 5.92. The highest BCUT2D eigenvalue weighted by atomic mass is 35.5. The summed E-state index contributed by atoms with van der Waals surface area (Å²) in [5.41, 5.74) is 0.854. The smallest absolute Gasteiger partial charge is 0.124 e. The second-order valence-electron chi connectivity index (χ2n) is 5.64. The van der Waals surface area contributed by atoms with E-state index in [0.29, 0.717) is 11.1 Å². The molecule has 0 saturated heterocycles. The van der Waals surface area contributed by atoms with Crippen molar-refractivity contribution < 1.29 is 4.39 Å². The maximum Gasteiger partial charge on any atom is 0.124 e. The topological polar surface area (TPSA) is 12.0 Å². The van der Waals surface area contributed by atoms with Gasteiger partial charge in [-0.1, -0.05) is 38.3 Å². The summed E-state index contributed by atoms with van der Waals surface area (Å²) in [7, 11) is 0. The molecule has 3 heteroatoms. The van der Waals surface area contributed by atoms with Gasteiger partial charge in [0, 0.05) is 6.04 Å². The summed E-state index contributed by atoms with van der Waals surface area (Å²) in [5, 5.41) is 3.94. The first kappa shape index (κ1) is 13.7. The van der Waals surface area contributed by atoms with Crippen LogP contribution in [0, 0.1) is 17.7 Å². The van der Waals surface area contributed by atoms with Crippen molar-refractivity contribution >= 4 is 17.3 Å². The molecule has 1 nitrogen and oxygen atoms in total. The van der Waals surface area contributed by atoms with Crippen LogP contribution in [-0.4, -0.2) is 6.04 Å². The molecule has 1 aromatic carbocycles. The SMILES string of the molecule is CC(C)C1CCCC(Nc2ccc(F)cc2Cl)C1. The first-order valence-electron chi connectivity index (χ1n) is 6.78. The third kappa shape index (κ3) is 3.38. The summed E-state index contributed by atoms with van der Waals surface area (Å²) in [6, 6.07) is 5.02. The Morgan fingerprint density at radius 1 is 1.33 bits per heavy atom. The van der Waals surface area contributed by atoms with Crippen molar-refractivity contribution in [2.24, 2.45) is 11.8 Å². The molecule has 1 aliphatic carbocycles. The van der Waals surface area contributed by atoms with Crippen molar-refractivity contribution in [1.29, 1.82) is 0 Å². The molecule has 1 fully saturated rings. The van der Waals surface area contributed by atoms with Crippen molar-refractivity contribution in [3.8, 4) is 0 Å². The zero-order valence-corrected chi connectivity index (χ0v) is 11.8. The van der Waals surface area contributed by atoms with Gasteiger partial charge < -0.3 is 5.32 Å². The van der Waals surface area contributed by atoms with Crippen LogP contribution in [0.5, 0.6) is 0 Å². The van der Waals surface area contributed by atoms with E-state index in [1.807, 2.05) is 0 Å². The summed E-state index contributed by atoms with van der Waals surface area (Å²) in [6.45, 7) is 4.58. The van der Waals surface area contributed by atoms with Gasteiger partial charge in [-0.25, -0.2) is 4.39 Å². The first-order valence-corrected chi connectivity index (χ1v) is 7.15. The molecule has 18 heavy (non-hydrogen) atoms. The van der Waals surface area contributed by atoms with Gasteiger partial charge in [0.2, 0.25) is 0 Å². The molecule has 2 rings (SSSR count). The van der Waals surface area contributed by atoms with Crippen LogP contribution in [0.1, 0.15) is 39.5 Å². The quantitative estimate of drug-likeness (QED) is 0.804. The Balaban J connectivity index is 2.00. The number of hydrogen-bond acceptors (Lipinski definition) is 1. The Morgan fingerprint density at radius 2 is 2.11 bits per heavy atom. The summed E-state index contributed by atoms with van der Waals surface area (Å²) < 4.78 is 13.0. The highest BCUT2D eigenvalue weighted by Gasteiger charge is 2.24. The van der Waals surface area contributed by atoms with E-state index in [1.165, 1.54) is 37.8 Å². The predicted molar refractivity (Wildman–Crippen MR) is 75.6 cm³/mol. The van der Waals surface area contributed by atoms with E-state index < -0.39 is 0 Å². The number of nitrogens with one attached hydrogen (secondary N) is 1. The highest BCUT2D eigenvalue weighted by Crippen LogP contribution is 2.33. The highest BCUT2D eigenvalue weighted by molar-refractivity contribution is 6.33. The first-order chi connectivity index (χ1) is 8.56. The lowest BCUT2D eigenvalue weighted by molar-refractivity contribution is 0.264. The van der Waals surface area contributed by atoms with E-state index >= 15 is 0 Å². The summed E-state index contributed by atoms with van der Waals surface area (Å²) in [4.78, 5) is 0. The average Bonchev–Trinajstić information content (AvgIpc) is 2.33. The molecule has 0 aromatic heterocycles. The molecule has 0 heterocycles. The molecule has 1 aromatic rings. The molecule has 0 aliphatic heterocycles. The predicted octanol–water partition coefficient (Wildman–Crippen LogP) is 5.11. The lowest BCUT2D eigenvalue weighted by Gasteiger charge is -2.32. The van der Waals surface area contributed by atoms with Crippen molar-refractivity contribution in [2.75, 3.05) is 5.32 Å². The van der Waals surface area contributed by atoms with E-state index in [2.05, 4.69) is 19.2 Å². The number of benzene rings is 1. The van der Waals surface area contributed by atoms with Gasteiger partial charge in [-0.15, -0.1) is 0 Å². The van der Waals surface area contributed by atoms with E-state index in [9.17, 15) is 4.39 Å². The van der Waals surface area contributed by atoms with E-state index in [1.54, 1.807) is 6.07 Å². The van der Waals surface area contributed by atoms with Crippen LogP contribution < -0.4 is 5.32 Å². The molecule has 2 unspecified atom stereocenters. The fourth-order valence-corrected chi connectivity index (χ4v) is 3.01. The van der Waals surface area contributed by atoms with Gasteiger partial charge >= 0.3 is 0 Å². The molecular weight excluding hydrogens is 249 g/mol. The van der Waals surface area contributed by atoms with E-state index in [4.69, 9.17) is 11.6 Å². The largest absolute Gasteiger partial charge is 0.381 e. The van der Waals surface area contributed by atoms with Crippen LogP contribution in [0.25, 0.3) is 0 Å². The van der Waals surface area contributed by atoms with Crippen LogP contribution in [0.4, 0.5) is 10.1 Å². The summed E-state index contributed by atoms with van der Waals surface area (Å²) in [6.07, 6.45) is 4.95. The second-order valence-corrected chi connectivity index (χ2v) is 6.04. The summed E-state index contributed by atoms with van der Waals surface area (Å²) >= 11 is 6.05. The fourth-order valence-electron chi connectivity index (χ4n) is 2.79. The summed E-state index contributed by atoms with van der Waals surface area (Å²) in [5.74, 6) is 1.24. The molecule has 1 N–H and O–H groups in total. The van der Waals surface area contributed by atoms with Crippen LogP contribution in [-0.2, 0) is 0 Å². The minimum absolute atomic E-state index is 0.283. The maximum atomic E-state index is 13.0. The Labute approximate surface area is 114 Å². The molecule has 100 valence electrons. The van der Waals surface area contributed by atoms with E-state index in [-0.39, 0.29) is 5.82 Å². The molecule has 0 spiro atoms. The van der Waals surface area contributed by atoms with E-state index in [0.717, 1.165) is 17.5 Å². The third-order valence-corrected chi connectivity index (χ3v) is 4.26. The number of anilines is 1. The van der Waals surface area contributed by atoms with Gasteiger partial charge in [-0.05, 0) is 42.9 Å². The van der Waals surface area contributed by atoms with Crippen molar-refractivity contribution in [2.45, 2.75) is 45.6 Å². The fraction of sp³-hybridized carbons (Fsp3) is 0.600. The Kier molecular flexibility index (Phi) is 4.50. The third-order valence-electron chi connectivity index (χ3n) is 3.95. The molecule has 0 radical (unpaired) electrons. The van der Waals surface area contributed by atoms with Gasteiger partial charge in [-0.3, -0.25) is 0 Å². The standard InChI is InChI=1S/C15H21ClFN/c1-10(2)11-4-3-5-13(8-11)18-15-7-6-12(17)9-14(15)16/h6-7,9-11,13,18H,3-5,8H2,1-2H3. The molecule has 1 aliphatic rings. The van der Waals surface area contributed by atoms with Crippen molar-refractivity contribution in [3.05, 3.63) is 29.0 Å². The van der Waals surface area contributed by atoms with Gasteiger partial charge in [0.15, 0.2) is 0 Å². The van der Waals surface area contributed by atoms with Crippen LogP contribution in [0.2, 0.25) is 5.02 Å². The normalized spacial score (nSPS) is 24.3. The van der Waals surface area contributed by atoms with Gasteiger partial charge in [-0.2, -0.15) is 0 Å². The van der Waals surface area contributed by atoms with Crippen LogP contribution >= 0.6 is 11.6 Å². The Morgan fingerprint density at radius 3 is 2.78 bits per heavy atom. The molecule has 0 bridgehead atoms. The Bertz CT molecular complexity index is 405. The Hall–Kier alpha value is -0.760. The monoisotopic (exact) mass is 269 g/mol. The van der Waals surface area contributed by atoms with Crippen molar-refractivity contribution in [1.82, 2.24) is 0 Å². The van der Waals surface area contributed by atoms with Crippen molar-refractivity contribution in [3.63, 3.8) is 0 Å². The lowest BCUT2D eigenvalue weighted by atomic mass is 9.79. The molecular formula is C15H21ClFN. The number of halogens is 2.